The molecule has 3 aromatic heterocycles. The lowest BCUT2D eigenvalue weighted by Gasteiger charge is -2.34. The molecule has 4 heterocycles. The first kappa shape index (κ1) is 21.0. The number of rotatable bonds is 4. The Morgan fingerprint density at radius 2 is 2.00 bits per heavy atom. The van der Waals surface area contributed by atoms with Gasteiger partial charge in [0, 0.05) is 11.8 Å². The van der Waals surface area contributed by atoms with Crippen LogP contribution in [0.2, 0.25) is 0 Å². The van der Waals surface area contributed by atoms with E-state index in [1.54, 1.807) is 47.0 Å². The molecule has 1 aliphatic rings. The standard InChI is InChI=1S/C23H22FN7O2/c1-13-11-30(23(32)14(2)33-13)18-10-27-21(28-20(18)25)19-16-7-5-9-26-22(16)31(29-19)12-15-6-3-4-8-17(15)24/h3-10,13-14H,11-12H2,1-2H3,(H2,25,27,28). The monoisotopic (exact) mass is 447 g/mol. The maximum Gasteiger partial charge on any atom is 0.256 e. The van der Waals surface area contributed by atoms with E-state index < -0.39 is 6.10 Å². The largest absolute Gasteiger partial charge is 0.382 e. The van der Waals surface area contributed by atoms with Crippen molar-refractivity contribution in [3.8, 4) is 11.5 Å². The molecule has 0 aliphatic carbocycles. The number of carbonyl (C=O) groups excluding carboxylic acids is 1. The zero-order valence-electron chi connectivity index (χ0n) is 18.1. The van der Waals surface area contributed by atoms with Crippen LogP contribution in [0.4, 0.5) is 15.9 Å². The van der Waals surface area contributed by atoms with Crippen LogP contribution in [0.3, 0.4) is 0 Å². The molecule has 2 unspecified atom stereocenters. The highest BCUT2D eigenvalue weighted by atomic mass is 19.1. The fourth-order valence-electron chi connectivity index (χ4n) is 4.02. The summed E-state index contributed by atoms with van der Waals surface area (Å²) in [6, 6.07) is 10.2. The summed E-state index contributed by atoms with van der Waals surface area (Å²) < 4.78 is 21.4. The molecular weight excluding hydrogens is 425 g/mol. The van der Waals surface area contributed by atoms with E-state index in [0.29, 0.717) is 40.3 Å². The molecular formula is C23H22FN7O2. The minimum absolute atomic E-state index is 0.138. The number of hydrogen-bond donors (Lipinski definition) is 1. The lowest BCUT2D eigenvalue weighted by Crippen LogP contribution is -2.50. The molecule has 0 spiro atoms. The maximum absolute atomic E-state index is 14.2. The summed E-state index contributed by atoms with van der Waals surface area (Å²) in [5.41, 5.74) is 8.22. The van der Waals surface area contributed by atoms with Gasteiger partial charge in [0.25, 0.3) is 5.91 Å². The number of aromatic nitrogens is 5. The van der Waals surface area contributed by atoms with Crippen molar-refractivity contribution >= 4 is 28.4 Å². The molecule has 1 aromatic carbocycles. The third-order valence-corrected chi connectivity index (χ3v) is 5.58. The molecule has 168 valence electrons. The van der Waals surface area contributed by atoms with Crippen molar-refractivity contribution in [1.82, 2.24) is 24.7 Å². The van der Waals surface area contributed by atoms with Crippen molar-refractivity contribution in [1.29, 1.82) is 0 Å². The molecule has 1 amide bonds. The first-order chi connectivity index (χ1) is 15.9. The van der Waals surface area contributed by atoms with E-state index in [0.717, 1.165) is 0 Å². The Kier molecular flexibility index (Phi) is 5.21. The maximum atomic E-state index is 14.2. The van der Waals surface area contributed by atoms with Crippen molar-refractivity contribution in [2.75, 3.05) is 17.2 Å². The second-order valence-electron chi connectivity index (χ2n) is 7.97. The number of anilines is 2. The number of morpholine rings is 1. The van der Waals surface area contributed by atoms with Crippen LogP contribution in [0, 0.1) is 5.82 Å². The summed E-state index contributed by atoms with van der Waals surface area (Å²) in [5, 5.41) is 5.34. The Morgan fingerprint density at radius 1 is 1.18 bits per heavy atom. The lowest BCUT2D eigenvalue weighted by molar-refractivity contribution is -0.137. The number of fused-ring (bicyclic) bond motifs is 1. The highest BCUT2D eigenvalue weighted by Crippen LogP contribution is 2.30. The average molecular weight is 447 g/mol. The number of carbonyl (C=O) groups is 1. The molecule has 1 fully saturated rings. The van der Waals surface area contributed by atoms with Gasteiger partial charge in [-0.25, -0.2) is 24.0 Å². The molecule has 0 bridgehead atoms. The number of amides is 1. The molecule has 2 atom stereocenters. The number of benzene rings is 1. The van der Waals surface area contributed by atoms with E-state index in [1.807, 2.05) is 13.0 Å². The minimum atomic E-state index is -0.572. The number of hydrogen-bond acceptors (Lipinski definition) is 7. The number of nitrogen functional groups attached to an aromatic ring is 1. The normalized spacial score (nSPS) is 18.8. The first-order valence-electron chi connectivity index (χ1n) is 10.6. The van der Waals surface area contributed by atoms with Gasteiger partial charge in [0.2, 0.25) is 0 Å². The number of pyridine rings is 1. The van der Waals surface area contributed by atoms with E-state index >= 15 is 0 Å². The molecule has 9 nitrogen and oxygen atoms in total. The Balaban J connectivity index is 1.54. The molecule has 0 saturated carbocycles. The first-order valence-corrected chi connectivity index (χ1v) is 10.6. The molecule has 2 N–H and O–H groups in total. The van der Waals surface area contributed by atoms with Crippen LogP contribution in [0.5, 0.6) is 0 Å². The number of nitrogens with two attached hydrogens (primary N) is 1. The van der Waals surface area contributed by atoms with Gasteiger partial charge in [-0.2, -0.15) is 5.10 Å². The third-order valence-electron chi connectivity index (χ3n) is 5.58. The Morgan fingerprint density at radius 3 is 2.79 bits per heavy atom. The van der Waals surface area contributed by atoms with Gasteiger partial charge in [0.1, 0.15) is 23.3 Å². The van der Waals surface area contributed by atoms with Crippen molar-refractivity contribution in [2.24, 2.45) is 0 Å². The number of nitrogens with zero attached hydrogens (tertiary/aromatic N) is 6. The van der Waals surface area contributed by atoms with Gasteiger partial charge in [0.05, 0.1) is 30.8 Å². The van der Waals surface area contributed by atoms with Crippen molar-refractivity contribution < 1.29 is 13.9 Å². The van der Waals surface area contributed by atoms with Crippen LogP contribution in [-0.4, -0.2) is 49.4 Å². The highest BCUT2D eigenvalue weighted by Gasteiger charge is 2.32. The molecule has 1 aliphatic heterocycles. The second-order valence-corrected chi connectivity index (χ2v) is 7.97. The molecule has 10 heteroatoms. The van der Waals surface area contributed by atoms with Gasteiger partial charge in [-0.15, -0.1) is 0 Å². The van der Waals surface area contributed by atoms with Gasteiger partial charge in [-0.3, -0.25) is 4.79 Å². The van der Waals surface area contributed by atoms with Gasteiger partial charge in [-0.05, 0) is 32.0 Å². The van der Waals surface area contributed by atoms with Crippen LogP contribution >= 0.6 is 0 Å². The fourth-order valence-corrected chi connectivity index (χ4v) is 4.02. The Hall–Kier alpha value is -3.92. The van der Waals surface area contributed by atoms with Crippen LogP contribution in [0.15, 0.2) is 48.8 Å². The van der Waals surface area contributed by atoms with Gasteiger partial charge in [0.15, 0.2) is 17.3 Å². The summed E-state index contributed by atoms with van der Waals surface area (Å²) in [6.07, 6.45) is 2.46. The Labute approximate surface area is 189 Å². The van der Waals surface area contributed by atoms with E-state index in [9.17, 15) is 9.18 Å². The smallest absolute Gasteiger partial charge is 0.256 e. The quantitative estimate of drug-likeness (QED) is 0.512. The van der Waals surface area contributed by atoms with Crippen LogP contribution in [0.25, 0.3) is 22.6 Å². The summed E-state index contributed by atoms with van der Waals surface area (Å²) in [4.78, 5) is 27.5. The topological polar surface area (TPSA) is 112 Å². The molecule has 5 rings (SSSR count). The van der Waals surface area contributed by atoms with E-state index in [2.05, 4.69) is 20.1 Å². The van der Waals surface area contributed by atoms with Gasteiger partial charge in [-0.1, -0.05) is 18.2 Å². The van der Waals surface area contributed by atoms with Crippen LogP contribution in [0.1, 0.15) is 19.4 Å². The zero-order chi connectivity index (χ0) is 23.1. The summed E-state index contributed by atoms with van der Waals surface area (Å²) in [6.45, 7) is 4.16. The second kappa shape index (κ2) is 8.21. The predicted molar refractivity (Wildman–Crippen MR) is 121 cm³/mol. The summed E-state index contributed by atoms with van der Waals surface area (Å²) >= 11 is 0. The van der Waals surface area contributed by atoms with E-state index in [-0.39, 0.29) is 30.2 Å². The van der Waals surface area contributed by atoms with Crippen LogP contribution in [-0.2, 0) is 16.1 Å². The average Bonchev–Trinajstić information content (AvgIpc) is 3.16. The summed E-state index contributed by atoms with van der Waals surface area (Å²) in [5.74, 6) is -0.0548. The molecule has 1 saturated heterocycles. The van der Waals surface area contributed by atoms with Crippen molar-refractivity contribution in [3.05, 3.63) is 60.2 Å². The minimum Gasteiger partial charge on any atom is -0.382 e. The SMILES string of the molecule is CC1CN(c2cnc(-c3nn(Cc4ccccc4F)c4ncccc34)nc2N)C(=O)C(C)O1. The number of ether oxygens (including phenoxy) is 1. The fraction of sp³-hybridized carbons (Fsp3) is 0.261. The van der Waals surface area contributed by atoms with Gasteiger partial charge < -0.3 is 15.4 Å². The zero-order valence-corrected chi connectivity index (χ0v) is 18.1. The molecule has 4 aromatic rings. The summed E-state index contributed by atoms with van der Waals surface area (Å²) in [7, 11) is 0. The lowest BCUT2D eigenvalue weighted by atomic mass is 10.2. The third kappa shape index (κ3) is 3.78. The predicted octanol–water partition coefficient (Wildman–Crippen LogP) is 2.80. The molecule has 0 radical (unpaired) electrons. The van der Waals surface area contributed by atoms with Crippen molar-refractivity contribution in [3.63, 3.8) is 0 Å². The van der Waals surface area contributed by atoms with Crippen LogP contribution < -0.4 is 10.6 Å². The van der Waals surface area contributed by atoms with Crippen molar-refractivity contribution in [2.45, 2.75) is 32.6 Å². The van der Waals surface area contributed by atoms with Gasteiger partial charge >= 0.3 is 0 Å². The van der Waals surface area contributed by atoms with E-state index in [1.165, 1.54) is 12.3 Å². The van der Waals surface area contributed by atoms with E-state index in [4.69, 9.17) is 10.5 Å². The number of halogens is 1. The Bertz CT molecular complexity index is 1360. The highest BCUT2D eigenvalue weighted by molar-refractivity contribution is 5.99. The molecule has 33 heavy (non-hydrogen) atoms.